The molecule has 0 spiro atoms. The van der Waals surface area contributed by atoms with Gasteiger partial charge in [-0.3, -0.25) is 14.5 Å². The molecule has 2 aromatic carbocycles. The van der Waals surface area contributed by atoms with Crippen LogP contribution in [0, 0.1) is 0 Å². The summed E-state index contributed by atoms with van der Waals surface area (Å²) < 4.78 is 21.3. The van der Waals surface area contributed by atoms with E-state index in [4.69, 9.17) is 18.9 Å². The number of nitrogens with one attached hydrogen (secondary N) is 1. The van der Waals surface area contributed by atoms with Crippen molar-refractivity contribution in [2.45, 2.75) is 31.5 Å². The van der Waals surface area contributed by atoms with Crippen molar-refractivity contribution < 1.29 is 33.3 Å². The number of esters is 1. The maximum atomic E-state index is 13.0. The van der Waals surface area contributed by atoms with Gasteiger partial charge in [-0.25, -0.2) is 4.79 Å². The number of hydrogen-bond donors (Lipinski definition) is 1. The van der Waals surface area contributed by atoms with E-state index >= 15 is 0 Å². The van der Waals surface area contributed by atoms with Crippen LogP contribution in [-0.2, 0) is 20.7 Å². The number of hydrogen-bond acceptors (Lipinski definition) is 7. The fraction of sp³-hybridized carbons (Fsp3) is 0.375. The molecule has 0 radical (unpaired) electrons. The second kappa shape index (κ2) is 9.40. The average molecular weight is 454 g/mol. The number of fused-ring (bicyclic) bond motifs is 1. The molecule has 2 amide bonds. The summed E-state index contributed by atoms with van der Waals surface area (Å²) in [6, 6.07) is 10.2. The summed E-state index contributed by atoms with van der Waals surface area (Å²) in [7, 11) is 4.51. The van der Waals surface area contributed by atoms with Crippen molar-refractivity contribution in [1.82, 2.24) is 10.2 Å². The van der Waals surface area contributed by atoms with Gasteiger partial charge in [0.1, 0.15) is 17.4 Å². The zero-order valence-electron chi connectivity index (χ0n) is 18.8. The lowest BCUT2D eigenvalue weighted by molar-refractivity contribution is -0.145. The Bertz CT molecular complexity index is 1070. The monoisotopic (exact) mass is 454 g/mol. The van der Waals surface area contributed by atoms with E-state index < -0.39 is 18.2 Å². The minimum atomic E-state index is -0.986. The van der Waals surface area contributed by atoms with Crippen LogP contribution in [0.4, 0.5) is 0 Å². The number of rotatable bonds is 8. The third-order valence-electron chi connectivity index (χ3n) is 5.95. The third kappa shape index (κ3) is 4.18. The fourth-order valence-electron chi connectivity index (χ4n) is 4.28. The highest BCUT2D eigenvalue weighted by Crippen LogP contribution is 2.45. The van der Waals surface area contributed by atoms with Crippen LogP contribution in [0.5, 0.6) is 17.2 Å². The summed E-state index contributed by atoms with van der Waals surface area (Å²) in [6.07, 6.45) is 0.200. The smallest absolute Gasteiger partial charge is 0.344 e. The number of benzene rings is 2. The summed E-state index contributed by atoms with van der Waals surface area (Å²) >= 11 is 0. The molecule has 1 saturated heterocycles. The van der Waals surface area contributed by atoms with Crippen LogP contribution < -0.4 is 19.5 Å². The number of carbonyl (C=O) groups excluding carboxylic acids is 3. The molecule has 174 valence electrons. The van der Waals surface area contributed by atoms with E-state index in [1.165, 1.54) is 19.1 Å². The third-order valence-corrected chi connectivity index (χ3v) is 5.95. The number of amides is 2. The van der Waals surface area contributed by atoms with E-state index in [0.717, 1.165) is 11.3 Å². The van der Waals surface area contributed by atoms with Gasteiger partial charge in [0.2, 0.25) is 18.0 Å². The SMILES string of the molecule is COc1ccc(CCNC(=O)[C@@H]2CCC(=O)N2[C@H]2OC(=O)c3c2ccc(OC)c3OC)cc1. The molecule has 0 aromatic heterocycles. The van der Waals surface area contributed by atoms with E-state index in [0.29, 0.717) is 30.7 Å². The van der Waals surface area contributed by atoms with Gasteiger partial charge in [0.05, 0.1) is 21.3 Å². The van der Waals surface area contributed by atoms with Gasteiger partial charge in [-0.05, 0) is 42.7 Å². The minimum Gasteiger partial charge on any atom is -0.497 e. The number of methoxy groups -OCH3 is 3. The molecule has 2 aliphatic rings. The van der Waals surface area contributed by atoms with E-state index in [1.54, 1.807) is 19.2 Å². The van der Waals surface area contributed by atoms with Gasteiger partial charge in [0.15, 0.2) is 11.5 Å². The first-order valence-corrected chi connectivity index (χ1v) is 10.7. The maximum absolute atomic E-state index is 13.0. The van der Waals surface area contributed by atoms with Crippen LogP contribution in [-0.4, -0.2) is 56.6 Å². The lowest BCUT2D eigenvalue weighted by Gasteiger charge is -2.29. The topological polar surface area (TPSA) is 103 Å². The van der Waals surface area contributed by atoms with Gasteiger partial charge in [0.25, 0.3) is 0 Å². The van der Waals surface area contributed by atoms with Crippen molar-refractivity contribution in [2.24, 2.45) is 0 Å². The Hall–Kier alpha value is -3.75. The van der Waals surface area contributed by atoms with Gasteiger partial charge in [-0.2, -0.15) is 0 Å². The molecule has 1 fully saturated rings. The van der Waals surface area contributed by atoms with E-state index in [1.807, 2.05) is 24.3 Å². The van der Waals surface area contributed by atoms with Crippen molar-refractivity contribution in [3.63, 3.8) is 0 Å². The molecule has 9 nitrogen and oxygen atoms in total. The quantitative estimate of drug-likeness (QED) is 0.610. The molecule has 0 bridgehead atoms. The van der Waals surface area contributed by atoms with Gasteiger partial charge < -0.3 is 24.3 Å². The molecule has 2 atom stereocenters. The molecule has 0 unspecified atom stereocenters. The van der Waals surface area contributed by atoms with Crippen LogP contribution in [0.3, 0.4) is 0 Å². The van der Waals surface area contributed by atoms with Crippen molar-refractivity contribution in [2.75, 3.05) is 27.9 Å². The summed E-state index contributed by atoms with van der Waals surface area (Å²) in [6.45, 7) is 0.412. The Morgan fingerprint density at radius 3 is 2.48 bits per heavy atom. The second-order valence-corrected chi connectivity index (χ2v) is 7.77. The molecule has 9 heteroatoms. The normalized spacial score (nSPS) is 19.2. The summed E-state index contributed by atoms with van der Waals surface area (Å²) in [5.41, 5.74) is 1.74. The lowest BCUT2D eigenvalue weighted by Crippen LogP contribution is -2.46. The van der Waals surface area contributed by atoms with Gasteiger partial charge in [0, 0.05) is 18.5 Å². The lowest BCUT2D eigenvalue weighted by atomic mass is 10.0. The van der Waals surface area contributed by atoms with E-state index in [2.05, 4.69) is 5.32 Å². The fourth-order valence-corrected chi connectivity index (χ4v) is 4.28. The summed E-state index contributed by atoms with van der Waals surface area (Å²) in [5.74, 6) is 0.252. The highest BCUT2D eigenvalue weighted by atomic mass is 16.6. The Balaban J connectivity index is 1.48. The van der Waals surface area contributed by atoms with Gasteiger partial charge in [-0.15, -0.1) is 0 Å². The second-order valence-electron chi connectivity index (χ2n) is 7.77. The molecular formula is C24H26N2O7. The largest absolute Gasteiger partial charge is 0.497 e. The molecule has 1 N–H and O–H groups in total. The highest BCUT2D eigenvalue weighted by Gasteiger charge is 2.47. The molecular weight excluding hydrogens is 428 g/mol. The van der Waals surface area contributed by atoms with Gasteiger partial charge >= 0.3 is 5.97 Å². The van der Waals surface area contributed by atoms with E-state index in [-0.39, 0.29) is 29.5 Å². The standard InChI is InChI=1S/C24H26N2O7/c1-30-15-6-4-14(5-7-15)12-13-25-22(28)17-9-11-19(27)26(17)23-16-8-10-18(31-2)21(32-3)20(16)24(29)33-23/h4-8,10,17,23H,9,11-13H2,1-3H3,(H,25,28)/t17-,23-/m0/s1. The minimum absolute atomic E-state index is 0.202. The first kappa shape index (κ1) is 22.4. The first-order chi connectivity index (χ1) is 16.0. The van der Waals surface area contributed by atoms with Crippen molar-refractivity contribution >= 4 is 17.8 Å². The van der Waals surface area contributed by atoms with Crippen LogP contribution >= 0.6 is 0 Å². The van der Waals surface area contributed by atoms with Crippen LogP contribution in [0.15, 0.2) is 36.4 Å². The number of likely N-dealkylation sites (tertiary alicyclic amines) is 1. The first-order valence-electron chi connectivity index (χ1n) is 10.7. The van der Waals surface area contributed by atoms with Crippen LogP contribution in [0.1, 0.15) is 40.6 Å². The number of carbonyl (C=O) groups is 3. The molecule has 0 aliphatic carbocycles. The van der Waals surface area contributed by atoms with Gasteiger partial charge in [-0.1, -0.05) is 12.1 Å². The molecule has 4 rings (SSSR count). The number of nitrogens with zero attached hydrogens (tertiary/aromatic N) is 1. The molecule has 2 aromatic rings. The molecule has 2 aliphatic heterocycles. The zero-order valence-corrected chi connectivity index (χ0v) is 18.8. The Morgan fingerprint density at radius 1 is 1.06 bits per heavy atom. The summed E-state index contributed by atoms with van der Waals surface area (Å²) in [4.78, 5) is 39.7. The van der Waals surface area contributed by atoms with Crippen molar-refractivity contribution in [1.29, 1.82) is 0 Å². The zero-order chi connectivity index (χ0) is 23.5. The molecule has 0 saturated carbocycles. The molecule has 2 heterocycles. The summed E-state index contributed by atoms with van der Waals surface area (Å²) in [5, 5.41) is 2.90. The Kier molecular flexibility index (Phi) is 6.39. The highest BCUT2D eigenvalue weighted by molar-refractivity contribution is 5.99. The van der Waals surface area contributed by atoms with Crippen LogP contribution in [0.25, 0.3) is 0 Å². The Labute approximate surface area is 191 Å². The number of ether oxygens (including phenoxy) is 4. The maximum Gasteiger partial charge on any atom is 0.344 e. The van der Waals surface area contributed by atoms with Crippen molar-refractivity contribution in [3.05, 3.63) is 53.1 Å². The molecule has 33 heavy (non-hydrogen) atoms. The van der Waals surface area contributed by atoms with Crippen LogP contribution in [0.2, 0.25) is 0 Å². The Morgan fingerprint density at radius 2 is 1.82 bits per heavy atom. The predicted molar refractivity (Wildman–Crippen MR) is 117 cm³/mol. The van der Waals surface area contributed by atoms with Crippen molar-refractivity contribution in [3.8, 4) is 17.2 Å². The predicted octanol–water partition coefficient (Wildman–Crippen LogP) is 2.23. The number of cyclic esters (lactones) is 1. The van der Waals surface area contributed by atoms with E-state index in [9.17, 15) is 14.4 Å². The average Bonchev–Trinajstić information content (AvgIpc) is 3.38.